The molecule has 0 aliphatic carbocycles. The summed E-state index contributed by atoms with van der Waals surface area (Å²) in [6, 6.07) is 17.0. The van der Waals surface area contributed by atoms with Gasteiger partial charge < -0.3 is 15.0 Å². The smallest absolute Gasteiger partial charge is 0.339 e. The summed E-state index contributed by atoms with van der Waals surface area (Å²) in [6.07, 6.45) is 4.36. The van der Waals surface area contributed by atoms with Crippen molar-refractivity contribution >= 4 is 17.7 Å². The molecule has 1 saturated heterocycles. The number of anilines is 1. The molecule has 1 spiro atoms. The molecule has 3 aromatic rings. The van der Waals surface area contributed by atoms with Crippen LogP contribution in [-0.4, -0.2) is 40.0 Å². The van der Waals surface area contributed by atoms with Crippen LogP contribution < -0.4 is 5.32 Å². The Hall–Kier alpha value is -3.74. The highest BCUT2D eigenvalue weighted by Gasteiger charge is 2.47. The number of benzene rings is 2. The molecule has 2 aromatic carbocycles. The van der Waals surface area contributed by atoms with E-state index in [0.717, 1.165) is 11.1 Å². The third kappa shape index (κ3) is 3.18. The minimum absolute atomic E-state index is 0.210. The van der Waals surface area contributed by atoms with Gasteiger partial charge in [-0.3, -0.25) is 0 Å². The van der Waals surface area contributed by atoms with E-state index in [1.165, 1.54) is 0 Å². The first-order valence-electron chi connectivity index (χ1n) is 9.91. The molecule has 7 nitrogen and oxygen atoms in total. The molecule has 5 rings (SSSR count). The molecule has 0 unspecified atom stereocenters. The Kier molecular flexibility index (Phi) is 4.43. The van der Waals surface area contributed by atoms with E-state index in [9.17, 15) is 9.59 Å². The van der Waals surface area contributed by atoms with Crippen LogP contribution in [0.5, 0.6) is 0 Å². The van der Waals surface area contributed by atoms with Crippen molar-refractivity contribution in [2.24, 2.45) is 0 Å². The van der Waals surface area contributed by atoms with Crippen LogP contribution in [0.3, 0.4) is 0 Å². The standard InChI is InChI=1S/C23H20N4O3/c28-21-18-8-4-5-9-19(18)23(30-21)10-12-27(13-11-23)22(29)26-17-14-24-20(25-15-17)16-6-2-1-3-7-16/h1-9,14-15H,10-13H2,(H,26,29). The Bertz CT molecular complexity index is 1090. The summed E-state index contributed by atoms with van der Waals surface area (Å²) in [5.74, 6) is 0.328. The van der Waals surface area contributed by atoms with Crippen molar-refractivity contribution < 1.29 is 14.3 Å². The van der Waals surface area contributed by atoms with Crippen LogP contribution in [0.1, 0.15) is 28.8 Å². The predicted molar refractivity (Wildman–Crippen MR) is 111 cm³/mol. The van der Waals surface area contributed by atoms with E-state index < -0.39 is 5.60 Å². The number of esters is 1. The molecular weight excluding hydrogens is 380 g/mol. The average Bonchev–Trinajstić information content (AvgIpc) is 3.07. The first-order valence-corrected chi connectivity index (χ1v) is 9.91. The van der Waals surface area contributed by atoms with Gasteiger partial charge in [-0.25, -0.2) is 19.6 Å². The van der Waals surface area contributed by atoms with E-state index in [1.807, 2.05) is 48.5 Å². The lowest BCUT2D eigenvalue weighted by Gasteiger charge is -2.38. The molecule has 150 valence electrons. The van der Waals surface area contributed by atoms with Crippen molar-refractivity contribution in [3.8, 4) is 11.4 Å². The van der Waals surface area contributed by atoms with Gasteiger partial charge in [-0.1, -0.05) is 48.5 Å². The number of aromatic nitrogens is 2. The van der Waals surface area contributed by atoms with E-state index in [1.54, 1.807) is 23.4 Å². The molecule has 3 heterocycles. The van der Waals surface area contributed by atoms with Crippen molar-refractivity contribution in [2.45, 2.75) is 18.4 Å². The molecule has 0 atom stereocenters. The molecule has 2 aliphatic heterocycles. The SMILES string of the molecule is O=C1OC2(CCN(C(=O)Nc3cnc(-c4ccccc4)nc3)CC2)c2ccccc21. The van der Waals surface area contributed by atoms with Crippen molar-refractivity contribution in [3.05, 3.63) is 78.1 Å². The second-order valence-corrected chi connectivity index (χ2v) is 7.51. The highest BCUT2D eigenvalue weighted by atomic mass is 16.6. The molecular formula is C23H20N4O3. The number of urea groups is 1. The molecule has 1 aromatic heterocycles. The monoisotopic (exact) mass is 400 g/mol. The van der Waals surface area contributed by atoms with E-state index in [0.29, 0.717) is 43.0 Å². The Morgan fingerprint density at radius 3 is 2.37 bits per heavy atom. The Morgan fingerprint density at radius 1 is 0.967 bits per heavy atom. The largest absolute Gasteiger partial charge is 0.450 e. The fourth-order valence-electron chi connectivity index (χ4n) is 4.12. The van der Waals surface area contributed by atoms with Gasteiger partial charge in [0.1, 0.15) is 5.60 Å². The zero-order valence-electron chi connectivity index (χ0n) is 16.2. The number of likely N-dealkylation sites (tertiary alicyclic amines) is 1. The number of carbonyl (C=O) groups is 2. The summed E-state index contributed by atoms with van der Waals surface area (Å²) in [7, 11) is 0. The molecule has 2 aliphatic rings. The van der Waals surface area contributed by atoms with Gasteiger partial charge in [-0.15, -0.1) is 0 Å². The second-order valence-electron chi connectivity index (χ2n) is 7.51. The molecule has 7 heteroatoms. The Labute approximate surface area is 173 Å². The zero-order valence-corrected chi connectivity index (χ0v) is 16.2. The number of hydrogen-bond donors (Lipinski definition) is 1. The van der Waals surface area contributed by atoms with Crippen LogP contribution in [0, 0.1) is 0 Å². The van der Waals surface area contributed by atoms with E-state index in [2.05, 4.69) is 15.3 Å². The summed E-state index contributed by atoms with van der Waals surface area (Å²) >= 11 is 0. The summed E-state index contributed by atoms with van der Waals surface area (Å²) in [5, 5.41) is 2.85. The summed E-state index contributed by atoms with van der Waals surface area (Å²) < 4.78 is 5.74. The maximum absolute atomic E-state index is 12.7. The van der Waals surface area contributed by atoms with Gasteiger partial charge in [0, 0.05) is 37.1 Å². The number of hydrogen-bond acceptors (Lipinski definition) is 5. The predicted octanol–water partition coefficient (Wildman–Crippen LogP) is 3.84. The Balaban J connectivity index is 1.23. The molecule has 0 bridgehead atoms. The minimum Gasteiger partial charge on any atom is -0.450 e. The van der Waals surface area contributed by atoms with Gasteiger partial charge in [-0.2, -0.15) is 0 Å². The van der Waals surface area contributed by atoms with Crippen LogP contribution in [-0.2, 0) is 10.3 Å². The summed E-state index contributed by atoms with van der Waals surface area (Å²) in [5.41, 5.74) is 2.40. The fraction of sp³-hybridized carbons (Fsp3) is 0.217. The lowest BCUT2D eigenvalue weighted by Crippen LogP contribution is -2.46. The van der Waals surface area contributed by atoms with Crippen LogP contribution in [0.15, 0.2) is 67.0 Å². The molecule has 2 amide bonds. The lowest BCUT2D eigenvalue weighted by atomic mass is 9.84. The number of fused-ring (bicyclic) bond motifs is 2. The van der Waals surface area contributed by atoms with Gasteiger partial charge in [0.2, 0.25) is 0 Å². The summed E-state index contributed by atoms with van der Waals surface area (Å²) in [4.78, 5) is 35.3. The van der Waals surface area contributed by atoms with Crippen molar-refractivity contribution in [1.29, 1.82) is 0 Å². The first kappa shape index (κ1) is 18.3. The number of ether oxygens (including phenoxy) is 1. The third-order valence-electron chi connectivity index (χ3n) is 5.72. The normalized spacial score (nSPS) is 16.8. The van der Waals surface area contributed by atoms with E-state index in [4.69, 9.17) is 4.74 Å². The number of amides is 2. The topological polar surface area (TPSA) is 84.4 Å². The first-order chi connectivity index (χ1) is 14.6. The molecule has 1 N–H and O–H groups in total. The van der Waals surface area contributed by atoms with Gasteiger partial charge in [0.05, 0.1) is 23.6 Å². The average molecular weight is 400 g/mol. The maximum atomic E-state index is 12.7. The van der Waals surface area contributed by atoms with Gasteiger partial charge in [-0.05, 0) is 6.07 Å². The lowest BCUT2D eigenvalue weighted by molar-refractivity contribution is -0.0363. The van der Waals surface area contributed by atoms with Crippen LogP contribution >= 0.6 is 0 Å². The number of carbonyl (C=O) groups excluding carboxylic acids is 2. The van der Waals surface area contributed by atoms with Crippen molar-refractivity contribution in [1.82, 2.24) is 14.9 Å². The number of piperidine rings is 1. The summed E-state index contributed by atoms with van der Waals surface area (Å²) in [6.45, 7) is 0.993. The van der Waals surface area contributed by atoms with Crippen molar-refractivity contribution in [3.63, 3.8) is 0 Å². The van der Waals surface area contributed by atoms with Gasteiger partial charge in [0.25, 0.3) is 0 Å². The highest BCUT2D eigenvalue weighted by molar-refractivity contribution is 5.95. The van der Waals surface area contributed by atoms with Gasteiger partial charge >= 0.3 is 12.0 Å². The van der Waals surface area contributed by atoms with Crippen LogP contribution in [0.2, 0.25) is 0 Å². The van der Waals surface area contributed by atoms with E-state index in [-0.39, 0.29) is 12.0 Å². The number of nitrogens with one attached hydrogen (secondary N) is 1. The highest BCUT2D eigenvalue weighted by Crippen LogP contribution is 2.43. The second kappa shape index (κ2) is 7.26. The zero-order chi connectivity index (χ0) is 20.6. The minimum atomic E-state index is -0.620. The fourth-order valence-corrected chi connectivity index (χ4v) is 4.12. The quantitative estimate of drug-likeness (QED) is 0.661. The van der Waals surface area contributed by atoms with Crippen LogP contribution in [0.25, 0.3) is 11.4 Å². The van der Waals surface area contributed by atoms with Gasteiger partial charge in [0.15, 0.2) is 5.82 Å². The third-order valence-corrected chi connectivity index (χ3v) is 5.72. The molecule has 30 heavy (non-hydrogen) atoms. The molecule has 0 radical (unpaired) electrons. The van der Waals surface area contributed by atoms with Crippen LogP contribution in [0.4, 0.5) is 10.5 Å². The number of nitrogens with zero attached hydrogens (tertiary/aromatic N) is 3. The van der Waals surface area contributed by atoms with E-state index >= 15 is 0 Å². The maximum Gasteiger partial charge on any atom is 0.339 e. The Morgan fingerprint density at radius 2 is 1.63 bits per heavy atom. The molecule has 0 saturated carbocycles. The van der Waals surface area contributed by atoms with Crippen molar-refractivity contribution in [2.75, 3.05) is 18.4 Å². The number of rotatable bonds is 2. The molecule has 1 fully saturated rings.